The van der Waals surface area contributed by atoms with Crippen LogP contribution >= 0.6 is 0 Å². The van der Waals surface area contributed by atoms with Gasteiger partial charge in [0.2, 0.25) is 0 Å². The first-order valence-electron chi connectivity index (χ1n) is 7.79. The molecule has 0 saturated heterocycles. The van der Waals surface area contributed by atoms with Gasteiger partial charge in [-0.05, 0) is 17.2 Å². The quantitative estimate of drug-likeness (QED) is 0.535. The Bertz CT molecular complexity index is 1060. The average Bonchev–Trinajstić information content (AvgIpc) is 2.95. The number of hydrogen-bond donors (Lipinski definition) is 0. The molecule has 3 nitrogen and oxygen atoms in total. The Morgan fingerprint density at radius 2 is 1.54 bits per heavy atom. The summed E-state index contributed by atoms with van der Waals surface area (Å²) >= 11 is 0. The largest absolute Gasteiger partial charge is 0.328 e. The van der Waals surface area contributed by atoms with Crippen LogP contribution in [0.5, 0.6) is 0 Å². The number of fused-ring (bicyclic) bond motifs is 1. The maximum atomic E-state index is 9.25. The normalized spacial score (nSPS) is 10.7. The Labute approximate surface area is 140 Å². The number of nitriles is 1. The first-order valence-corrected chi connectivity index (χ1v) is 7.79. The topological polar surface area (TPSA) is 41.6 Å². The Kier molecular flexibility index (Phi) is 3.36. The standard InChI is InChI=1S/C21H15N3/c1-24-20(17-10-6-3-7-11-17)19(16-8-4-2-5-9-16)18-12-15(13-22)14-23-21(18)24/h2-12,14H,1H3. The third kappa shape index (κ3) is 2.17. The lowest BCUT2D eigenvalue weighted by molar-refractivity contribution is 0.957. The molecule has 0 aliphatic heterocycles. The highest BCUT2D eigenvalue weighted by atomic mass is 15.0. The summed E-state index contributed by atoms with van der Waals surface area (Å²) in [5.74, 6) is 0. The molecule has 0 aliphatic carbocycles. The minimum atomic E-state index is 0.574. The van der Waals surface area contributed by atoms with Gasteiger partial charge in [0.05, 0.1) is 11.3 Å². The van der Waals surface area contributed by atoms with Crippen molar-refractivity contribution in [2.75, 3.05) is 0 Å². The van der Waals surface area contributed by atoms with Crippen LogP contribution in [0, 0.1) is 11.3 Å². The van der Waals surface area contributed by atoms with Crippen LogP contribution in [-0.2, 0) is 7.05 Å². The molecule has 0 aliphatic rings. The van der Waals surface area contributed by atoms with Crippen molar-refractivity contribution in [3.05, 3.63) is 78.5 Å². The van der Waals surface area contributed by atoms with Crippen LogP contribution in [0.15, 0.2) is 72.9 Å². The predicted molar refractivity (Wildman–Crippen MR) is 96.3 cm³/mol. The van der Waals surface area contributed by atoms with Gasteiger partial charge in [-0.25, -0.2) is 4.98 Å². The van der Waals surface area contributed by atoms with E-state index in [2.05, 4.69) is 39.9 Å². The molecule has 2 aromatic carbocycles. The SMILES string of the molecule is Cn1c(-c2ccccc2)c(-c2ccccc2)c2cc(C#N)cnc21. The molecule has 114 valence electrons. The van der Waals surface area contributed by atoms with E-state index in [4.69, 9.17) is 0 Å². The summed E-state index contributed by atoms with van der Waals surface area (Å²) < 4.78 is 2.11. The van der Waals surface area contributed by atoms with Crippen LogP contribution in [0.4, 0.5) is 0 Å². The zero-order valence-corrected chi connectivity index (χ0v) is 13.3. The molecular weight excluding hydrogens is 294 g/mol. The minimum Gasteiger partial charge on any atom is -0.328 e. The van der Waals surface area contributed by atoms with Crippen molar-refractivity contribution >= 4 is 11.0 Å². The smallest absolute Gasteiger partial charge is 0.140 e. The van der Waals surface area contributed by atoms with Crippen LogP contribution in [0.25, 0.3) is 33.4 Å². The van der Waals surface area contributed by atoms with Crippen LogP contribution in [-0.4, -0.2) is 9.55 Å². The van der Waals surface area contributed by atoms with E-state index in [1.807, 2.05) is 49.5 Å². The lowest BCUT2D eigenvalue weighted by Crippen LogP contribution is -1.93. The highest BCUT2D eigenvalue weighted by Gasteiger charge is 2.19. The summed E-state index contributed by atoms with van der Waals surface area (Å²) in [5.41, 5.74) is 5.94. The summed E-state index contributed by atoms with van der Waals surface area (Å²) in [6, 6.07) is 24.7. The lowest BCUT2D eigenvalue weighted by atomic mass is 9.98. The molecule has 4 rings (SSSR count). The third-order valence-corrected chi connectivity index (χ3v) is 4.26. The van der Waals surface area contributed by atoms with E-state index < -0.39 is 0 Å². The Hall–Kier alpha value is -3.38. The highest BCUT2D eigenvalue weighted by molar-refractivity contribution is 6.03. The van der Waals surface area contributed by atoms with Gasteiger partial charge in [0.1, 0.15) is 11.7 Å². The summed E-state index contributed by atoms with van der Waals surface area (Å²) in [4.78, 5) is 4.52. The molecule has 0 radical (unpaired) electrons. The lowest BCUT2D eigenvalue weighted by Gasteiger charge is -2.08. The number of rotatable bonds is 2. The molecule has 0 unspecified atom stereocenters. The van der Waals surface area contributed by atoms with Crippen molar-refractivity contribution in [3.63, 3.8) is 0 Å². The van der Waals surface area contributed by atoms with Gasteiger partial charge in [-0.15, -0.1) is 0 Å². The van der Waals surface area contributed by atoms with Gasteiger partial charge in [0.25, 0.3) is 0 Å². The number of aryl methyl sites for hydroxylation is 1. The van der Waals surface area contributed by atoms with Crippen molar-refractivity contribution in [1.82, 2.24) is 9.55 Å². The monoisotopic (exact) mass is 309 g/mol. The Morgan fingerprint density at radius 3 is 2.17 bits per heavy atom. The van der Waals surface area contributed by atoms with E-state index in [0.717, 1.165) is 33.4 Å². The fraction of sp³-hybridized carbons (Fsp3) is 0.0476. The van der Waals surface area contributed by atoms with E-state index >= 15 is 0 Å². The van der Waals surface area contributed by atoms with E-state index in [9.17, 15) is 5.26 Å². The Morgan fingerprint density at radius 1 is 0.917 bits per heavy atom. The fourth-order valence-electron chi connectivity index (χ4n) is 3.20. The molecule has 0 fully saturated rings. The van der Waals surface area contributed by atoms with Crippen molar-refractivity contribution in [3.8, 4) is 28.5 Å². The minimum absolute atomic E-state index is 0.574. The molecule has 0 amide bonds. The molecule has 0 N–H and O–H groups in total. The fourth-order valence-corrected chi connectivity index (χ4v) is 3.20. The average molecular weight is 309 g/mol. The van der Waals surface area contributed by atoms with Crippen LogP contribution in [0.3, 0.4) is 0 Å². The maximum Gasteiger partial charge on any atom is 0.140 e. The van der Waals surface area contributed by atoms with Crippen LogP contribution in [0.1, 0.15) is 5.56 Å². The molecular formula is C21H15N3. The number of pyridine rings is 1. The molecule has 3 heteroatoms. The van der Waals surface area contributed by atoms with Gasteiger partial charge in [-0.1, -0.05) is 60.7 Å². The summed E-state index contributed by atoms with van der Waals surface area (Å²) in [5, 5.41) is 10.3. The molecule has 2 aromatic heterocycles. The van der Waals surface area contributed by atoms with Crippen molar-refractivity contribution in [1.29, 1.82) is 5.26 Å². The molecule has 0 bridgehead atoms. The van der Waals surface area contributed by atoms with E-state index in [1.165, 1.54) is 0 Å². The van der Waals surface area contributed by atoms with Crippen molar-refractivity contribution < 1.29 is 0 Å². The van der Waals surface area contributed by atoms with Gasteiger partial charge in [-0.3, -0.25) is 0 Å². The number of nitrogens with zero attached hydrogens (tertiary/aromatic N) is 3. The molecule has 2 heterocycles. The summed E-state index contributed by atoms with van der Waals surface area (Å²) in [6.07, 6.45) is 1.63. The van der Waals surface area contributed by atoms with Crippen molar-refractivity contribution in [2.24, 2.45) is 7.05 Å². The van der Waals surface area contributed by atoms with Gasteiger partial charge in [0, 0.05) is 24.2 Å². The molecule has 0 spiro atoms. The second-order valence-electron chi connectivity index (χ2n) is 5.72. The highest BCUT2D eigenvalue weighted by Crippen LogP contribution is 2.39. The van der Waals surface area contributed by atoms with E-state index in [0.29, 0.717) is 5.56 Å². The summed E-state index contributed by atoms with van der Waals surface area (Å²) in [7, 11) is 2.02. The second kappa shape index (κ2) is 5.68. The zero-order valence-electron chi connectivity index (χ0n) is 13.3. The third-order valence-electron chi connectivity index (χ3n) is 4.26. The maximum absolute atomic E-state index is 9.25. The van der Waals surface area contributed by atoms with E-state index in [-0.39, 0.29) is 0 Å². The van der Waals surface area contributed by atoms with Gasteiger partial charge >= 0.3 is 0 Å². The first-order chi connectivity index (χ1) is 11.8. The molecule has 0 atom stereocenters. The van der Waals surface area contributed by atoms with Crippen LogP contribution in [0.2, 0.25) is 0 Å². The van der Waals surface area contributed by atoms with E-state index in [1.54, 1.807) is 6.20 Å². The number of benzene rings is 2. The zero-order chi connectivity index (χ0) is 16.5. The molecule has 4 aromatic rings. The molecule has 0 saturated carbocycles. The van der Waals surface area contributed by atoms with Gasteiger partial charge in [-0.2, -0.15) is 5.26 Å². The van der Waals surface area contributed by atoms with Crippen molar-refractivity contribution in [2.45, 2.75) is 0 Å². The summed E-state index contributed by atoms with van der Waals surface area (Å²) in [6.45, 7) is 0. The number of hydrogen-bond acceptors (Lipinski definition) is 2. The molecule has 24 heavy (non-hydrogen) atoms. The second-order valence-corrected chi connectivity index (χ2v) is 5.72. The van der Waals surface area contributed by atoms with Gasteiger partial charge in [0.15, 0.2) is 0 Å². The number of aromatic nitrogens is 2. The predicted octanol–water partition coefficient (Wildman–Crippen LogP) is 4.78. The first kappa shape index (κ1) is 14.2. The Balaban J connectivity index is 2.15. The van der Waals surface area contributed by atoms with Crippen LogP contribution < -0.4 is 0 Å². The van der Waals surface area contributed by atoms with Gasteiger partial charge < -0.3 is 4.57 Å².